The van der Waals surface area contributed by atoms with Crippen molar-refractivity contribution in [2.24, 2.45) is 0 Å². The molecular weight excluding hydrogens is 180 g/mol. The van der Waals surface area contributed by atoms with Gasteiger partial charge in [0.05, 0.1) is 0 Å². The van der Waals surface area contributed by atoms with Gasteiger partial charge >= 0.3 is 5.97 Å². The van der Waals surface area contributed by atoms with Gasteiger partial charge in [-0.2, -0.15) is 0 Å². The number of aromatic nitrogens is 2. The lowest BCUT2D eigenvalue weighted by molar-refractivity contribution is -0.139. The third-order valence-electron chi connectivity index (χ3n) is 1.82. The zero-order valence-corrected chi connectivity index (χ0v) is 8.43. The average molecular weight is 194 g/mol. The fraction of sp³-hybridized carbons (Fsp3) is 0.400. The van der Waals surface area contributed by atoms with Crippen molar-refractivity contribution in [2.45, 2.75) is 26.5 Å². The molecule has 1 aromatic heterocycles. The summed E-state index contributed by atoms with van der Waals surface area (Å²) in [6, 6.07) is 0.315. The first-order chi connectivity index (χ1) is 6.65. The molecule has 4 heteroatoms. The standard InChI is InChI=1S/C10H14N2O2/c1-4-10(13)14-7-9-11-5-6-12(9)8(2)3/h4-6,8H,1,7H2,2-3H3. The molecule has 0 spiro atoms. The lowest BCUT2D eigenvalue weighted by Crippen LogP contribution is -2.09. The lowest BCUT2D eigenvalue weighted by atomic mass is 10.4. The van der Waals surface area contributed by atoms with E-state index in [2.05, 4.69) is 11.6 Å². The molecule has 1 heterocycles. The zero-order valence-electron chi connectivity index (χ0n) is 8.43. The Kier molecular flexibility index (Phi) is 3.45. The van der Waals surface area contributed by atoms with Crippen LogP contribution in [0.1, 0.15) is 25.7 Å². The normalized spacial score (nSPS) is 10.2. The highest BCUT2D eigenvalue weighted by molar-refractivity contribution is 5.81. The van der Waals surface area contributed by atoms with E-state index in [9.17, 15) is 4.79 Å². The van der Waals surface area contributed by atoms with Crippen LogP contribution >= 0.6 is 0 Å². The Morgan fingerprint density at radius 3 is 3.07 bits per heavy atom. The third-order valence-corrected chi connectivity index (χ3v) is 1.82. The topological polar surface area (TPSA) is 44.1 Å². The lowest BCUT2D eigenvalue weighted by Gasteiger charge is -2.10. The molecule has 4 nitrogen and oxygen atoms in total. The van der Waals surface area contributed by atoms with Crippen molar-refractivity contribution >= 4 is 5.97 Å². The molecule has 0 amide bonds. The molecule has 0 aliphatic carbocycles. The quantitative estimate of drug-likeness (QED) is 0.541. The van der Waals surface area contributed by atoms with Gasteiger partial charge in [0.1, 0.15) is 12.4 Å². The predicted octanol–water partition coefficient (Wildman–Crippen LogP) is 1.69. The first-order valence-electron chi connectivity index (χ1n) is 4.46. The van der Waals surface area contributed by atoms with E-state index >= 15 is 0 Å². The first-order valence-corrected chi connectivity index (χ1v) is 4.46. The van der Waals surface area contributed by atoms with Crippen LogP contribution in [-0.2, 0) is 16.1 Å². The van der Waals surface area contributed by atoms with Gasteiger partial charge in [-0.1, -0.05) is 6.58 Å². The number of ether oxygens (including phenoxy) is 1. The maximum absolute atomic E-state index is 10.8. The number of carbonyl (C=O) groups is 1. The molecule has 0 saturated carbocycles. The number of hydrogen-bond acceptors (Lipinski definition) is 3. The molecule has 0 aliphatic rings. The molecule has 0 unspecified atom stereocenters. The highest BCUT2D eigenvalue weighted by atomic mass is 16.5. The summed E-state index contributed by atoms with van der Waals surface area (Å²) in [4.78, 5) is 14.9. The minimum atomic E-state index is -0.427. The number of nitrogens with zero attached hydrogens (tertiary/aromatic N) is 2. The number of esters is 1. The summed E-state index contributed by atoms with van der Waals surface area (Å²) >= 11 is 0. The van der Waals surface area contributed by atoms with Crippen molar-refractivity contribution in [2.75, 3.05) is 0 Å². The minimum Gasteiger partial charge on any atom is -0.454 e. The van der Waals surface area contributed by atoms with Crippen molar-refractivity contribution in [1.82, 2.24) is 9.55 Å². The Balaban J connectivity index is 2.62. The fourth-order valence-electron chi connectivity index (χ4n) is 1.12. The Morgan fingerprint density at radius 2 is 2.50 bits per heavy atom. The molecule has 76 valence electrons. The second-order valence-corrected chi connectivity index (χ2v) is 3.16. The van der Waals surface area contributed by atoms with Gasteiger partial charge in [-0.3, -0.25) is 0 Å². The maximum Gasteiger partial charge on any atom is 0.330 e. The van der Waals surface area contributed by atoms with E-state index in [1.165, 1.54) is 0 Å². The van der Waals surface area contributed by atoms with Crippen LogP contribution in [0, 0.1) is 0 Å². The van der Waals surface area contributed by atoms with Crippen molar-refractivity contribution in [3.63, 3.8) is 0 Å². The van der Waals surface area contributed by atoms with Gasteiger partial charge in [0.15, 0.2) is 0 Å². The molecule has 1 rings (SSSR count). The van der Waals surface area contributed by atoms with Crippen LogP contribution in [0.2, 0.25) is 0 Å². The van der Waals surface area contributed by atoms with E-state index in [4.69, 9.17) is 4.74 Å². The van der Waals surface area contributed by atoms with E-state index in [0.29, 0.717) is 6.04 Å². The van der Waals surface area contributed by atoms with Crippen LogP contribution in [0.3, 0.4) is 0 Å². The highest BCUT2D eigenvalue weighted by Crippen LogP contribution is 2.08. The van der Waals surface area contributed by atoms with Gasteiger partial charge in [-0.05, 0) is 13.8 Å². The second kappa shape index (κ2) is 4.60. The molecule has 14 heavy (non-hydrogen) atoms. The third kappa shape index (κ3) is 2.45. The van der Waals surface area contributed by atoms with Gasteiger partial charge < -0.3 is 9.30 Å². The van der Waals surface area contributed by atoms with Gasteiger partial charge in [-0.15, -0.1) is 0 Å². The van der Waals surface area contributed by atoms with Gasteiger partial charge in [0.2, 0.25) is 0 Å². The second-order valence-electron chi connectivity index (χ2n) is 3.16. The maximum atomic E-state index is 10.8. The predicted molar refractivity (Wildman–Crippen MR) is 52.6 cm³/mol. The van der Waals surface area contributed by atoms with Gasteiger partial charge in [0, 0.05) is 24.5 Å². The van der Waals surface area contributed by atoms with Crippen LogP contribution < -0.4 is 0 Å². The van der Waals surface area contributed by atoms with E-state index < -0.39 is 5.97 Å². The molecule has 0 aromatic carbocycles. The molecule has 0 saturated heterocycles. The van der Waals surface area contributed by atoms with Crippen LogP contribution in [0.25, 0.3) is 0 Å². The number of imidazole rings is 1. The molecule has 0 atom stereocenters. The Bertz CT molecular complexity index is 329. The molecular formula is C10H14N2O2. The van der Waals surface area contributed by atoms with Crippen LogP contribution in [-0.4, -0.2) is 15.5 Å². The van der Waals surface area contributed by atoms with Gasteiger partial charge in [0.25, 0.3) is 0 Å². The van der Waals surface area contributed by atoms with E-state index in [0.717, 1.165) is 11.9 Å². The summed E-state index contributed by atoms with van der Waals surface area (Å²) in [5, 5.41) is 0. The number of carbonyl (C=O) groups excluding carboxylic acids is 1. The van der Waals surface area contributed by atoms with Crippen LogP contribution in [0.4, 0.5) is 0 Å². The van der Waals surface area contributed by atoms with E-state index in [1.54, 1.807) is 6.20 Å². The molecule has 0 aliphatic heterocycles. The van der Waals surface area contributed by atoms with Crippen LogP contribution in [0.15, 0.2) is 25.0 Å². The van der Waals surface area contributed by atoms with E-state index in [-0.39, 0.29) is 6.61 Å². The zero-order chi connectivity index (χ0) is 10.6. The molecule has 0 N–H and O–H groups in total. The molecule has 0 fully saturated rings. The Hall–Kier alpha value is -1.58. The summed E-state index contributed by atoms with van der Waals surface area (Å²) in [7, 11) is 0. The summed E-state index contributed by atoms with van der Waals surface area (Å²) in [6.45, 7) is 7.59. The summed E-state index contributed by atoms with van der Waals surface area (Å²) in [6.07, 6.45) is 4.70. The summed E-state index contributed by atoms with van der Waals surface area (Å²) < 4.78 is 6.84. The number of hydrogen-bond donors (Lipinski definition) is 0. The summed E-state index contributed by atoms with van der Waals surface area (Å²) in [5.41, 5.74) is 0. The smallest absolute Gasteiger partial charge is 0.330 e. The average Bonchev–Trinajstić information content (AvgIpc) is 2.62. The SMILES string of the molecule is C=CC(=O)OCc1nccn1C(C)C. The molecule has 1 aromatic rings. The van der Waals surface area contributed by atoms with Crippen molar-refractivity contribution in [3.05, 3.63) is 30.9 Å². The monoisotopic (exact) mass is 194 g/mol. The summed E-state index contributed by atoms with van der Waals surface area (Å²) in [5.74, 6) is 0.318. The van der Waals surface area contributed by atoms with E-state index in [1.807, 2.05) is 24.6 Å². The number of rotatable bonds is 4. The molecule has 0 bridgehead atoms. The highest BCUT2D eigenvalue weighted by Gasteiger charge is 2.07. The fourth-order valence-corrected chi connectivity index (χ4v) is 1.12. The largest absolute Gasteiger partial charge is 0.454 e. The first kappa shape index (κ1) is 10.5. The van der Waals surface area contributed by atoms with Crippen molar-refractivity contribution < 1.29 is 9.53 Å². The van der Waals surface area contributed by atoms with Crippen molar-refractivity contribution in [3.8, 4) is 0 Å². The van der Waals surface area contributed by atoms with Gasteiger partial charge in [-0.25, -0.2) is 9.78 Å². The Labute approximate surface area is 83.2 Å². The van der Waals surface area contributed by atoms with Crippen LogP contribution in [0.5, 0.6) is 0 Å². The van der Waals surface area contributed by atoms with Crippen molar-refractivity contribution in [1.29, 1.82) is 0 Å². The molecule has 0 radical (unpaired) electrons. The Morgan fingerprint density at radius 1 is 1.79 bits per heavy atom. The minimum absolute atomic E-state index is 0.191.